The van der Waals surface area contributed by atoms with Crippen LogP contribution in [0.2, 0.25) is 0 Å². The van der Waals surface area contributed by atoms with Gasteiger partial charge in [-0.1, -0.05) is 18.2 Å². The zero-order valence-electron chi connectivity index (χ0n) is 12.7. The number of anilines is 1. The molecule has 3 rings (SSSR count). The van der Waals surface area contributed by atoms with Gasteiger partial charge in [0.1, 0.15) is 5.82 Å². The molecule has 1 aromatic heterocycles. The number of hydrogen-bond donors (Lipinski definition) is 2. The molecule has 1 aliphatic rings. The topological polar surface area (TPSA) is 51.1 Å². The lowest BCUT2D eigenvalue weighted by Crippen LogP contribution is -2.34. The zero-order chi connectivity index (χ0) is 16.1. The van der Waals surface area contributed by atoms with Crippen LogP contribution in [0, 0.1) is 5.82 Å². The second-order valence-electron chi connectivity index (χ2n) is 5.46. The third-order valence-corrected chi connectivity index (χ3v) is 3.93. The number of benzene rings is 1. The van der Waals surface area contributed by atoms with E-state index in [1.165, 1.54) is 6.07 Å². The van der Waals surface area contributed by atoms with Gasteiger partial charge < -0.3 is 15.4 Å². The van der Waals surface area contributed by atoms with Crippen LogP contribution in [0.4, 0.5) is 10.2 Å². The van der Waals surface area contributed by atoms with E-state index < -0.39 is 0 Å². The summed E-state index contributed by atoms with van der Waals surface area (Å²) in [6, 6.07) is 8.49. The first kappa shape index (κ1) is 15.9. The molecule has 1 aromatic carbocycles. The molecule has 7 heteroatoms. The SMILES string of the molecule is Fc1ccccc1Cn1ccc(NC(=S)NCC2CCCO2)n1. The number of ether oxygens (including phenoxy) is 1. The van der Waals surface area contributed by atoms with Crippen molar-refractivity contribution >= 4 is 23.1 Å². The van der Waals surface area contributed by atoms with Crippen LogP contribution < -0.4 is 10.6 Å². The van der Waals surface area contributed by atoms with Gasteiger partial charge in [0, 0.05) is 31.0 Å². The van der Waals surface area contributed by atoms with Crippen LogP contribution in [0.5, 0.6) is 0 Å². The van der Waals surface area contributed by atoms with Crippen molar-refractivity contribution in [3.05, 3.63) is 47.9 Å². The van der Waals surface area contributed by atoms with E-state index in [0.29, 0.717) is 29.6 Å². The first-order valence-electron chi connectivity index (χ1n) is 7.64. The van der Waals surface area contributed by atoms with Gasteiger partial charge in [0.05, 0.1) is 12.6 Å². The van der Waals surface area contributed by atoms with Gasteiger partial charge >= 0.3 is 0 Å². The Morgan fingerprint density at radius 1 is 1.39 bits per heavy atom. The molecule has 2 aromatic rings. The molecule has 0 amide bonds. The Balaban J connectivity index is 1.50. The molecule has 1 fully saturated rings. The maximum atomic E-state index is 13.6. The predicted octanol–water partition coefficient (Wildman–Crippen LogP) is 2.54. The Kier molecular flexibility index (Phi) is 5.19. The van der Waals surface area contributed by atoms with Crippen molar-refractivity contribution in [3.63, 3.8) is 0 Å². The molecule has 2 N–H and O–H groups in total. The van der Waals surface area contributed by atoms with Gasteiger partial charge in [0.15, 0.2) is 10.9 Å². The predicted molar refractivity (Wildman–Crippen MR) is 90.9 cm³/mol. The highest BCUT2D eigenvalue weighted by atomic mass is 32.1. The molecule has 0 spiro atoms. The summed E-state index contributed by atoms with van der Waals surface area (Å²) in [4.78, 5) is 0. The number of hydrogen-bond acceptors (Lipinski definition) is 3. The number of nitrogens with one attached hydrogen (secondary N) is 2. The minimum Gasteiger partial charge on any atom is -0.376 e. The van der Waals surface area contributed by atoms with Crippen LogP contribution in [0.15, 0.2) is 36.5 Å². The summed E-state index contributed by atoms with van der Waals surface area (Å²) in [7, 11) is 0. The van der Waals surface area contributed by atoms with Crippen molar-refractivity contribution in [2.24, 2.45) is 0 Å². The average molecular weight is 334 g/mol. The minimum atomic E-state index is -0.230. The normalized spacial score (nSPS) is 17.2. The third kappa shape index (κ3) is 4.49. The van der Waals surface area contributed by atoms with E-state index >= 15 is 0 Å². The molecule has 1 unspecified atom stereocenters. The van der Waals surface area contributed by atoms with E-state index in [1.807, 2.05) is 6.07 Å². The molecule has 122 valence electrons. The molecule has 1 saturated heterocycles. The maximum Gasteiger partial charge on any atom is 0.172 e. The highest BCUT2D eigenvalue weighted by Gasteiger charge is 2.15. The van der Waals surface area contributed by atoms with Crippen molar-refractivity contribution in [1.29, 1.82) is 0 Å². The van der Waals surface area contributed by atoms with Crippen molar-refractivity contribution in [2.75, 3.05) is 18.5 Å². The van der Waals surface area contributed by atoms with Gasteiger partial charge in [-0.3, -0.25) is 4.68 Å². The van der Waals surface area contributed by atoms with E-state index in [4.69, 9.17) is 17.0 Å². The first-order chi connectivity index (χ1) is 11.2. The number of thiocarbonyl (C=S) groups is 1. The molecule has 0 saturated carbocycles. The molecule has 5 nitrogen and oxygen atoms in total. The quantitative estimate of drug-likeness (QED) is 0.823. The largest absolute Gasteiger partial charge is 0.376 e. The highest BCUT2D eigenvalue weighted by Crippen LogP contribution is 2.11. The Labute approximate surface area is 139 Å². The van der Waals surface area contributed by atoms with Crippen LogP contribution in [-0.2, 0) is 11.3 Å². The third-order valence-electron chi connectivity index (χ3n) is 3.69. The van der Waals surface area contributed by atoms with Crippen molar-refractivity contribution in [3.8, 4) is 0 Å². The fourth-order valence-electron chi connectivity index (χ4n) is 2.49. The summed E-state index contributed by atoms with van der Waals surface area (Å²) in [6.45, 7) is 1.90. The lowest BCUT2D eigenvalue weighted by Gasteiger charge is -2.12. The Morgan fingerprint density at radius 2 is 2.26 bits per heavy atom. The summed E-state index contributed by atoms with van der Waals surface area (Å²) < 4.78 is 20.8. The smallest absolute Gasteiger partial charge is 0.172 e. The monoisotopic (exact) mass is 334 g/mol. The Morgan fingerprint density at radius 3 is 3.04 bits per heavy atom. The molecule has 0 radical (unpaired) electrons. The molecule has 1 aliphatic heterocycles. The van der Waals surface area contributed by atoms with Crippen LogP contribution >= 0.6 is 12.2 Å². The fraction of sp³-hybridized carbons (Fsp3) is 0.375. The van der Waals surface area contributed by atoms with Crippen LogP contribution in [-0.4, -0.2) is 34.1 Å². The summed E-state index contributed by atoms with van der Waals surface area (Å²) in [5, 5.41) is 11.0. The van der Waals surface area contributed by atoms with Gasteiger partial charge in [-0.05, 0) is 31.1 Å². The van der Waals surface area contributed by atoms with E-state index in [-0.39, 0.29) is 11.9 Å². The van der Waals surface area contributed by atoms with Crippen molar-refractivity contribution in [1.82, 2.24) is 15.1 Å². The lowest BCUT2D eigenvalue weighted by atomic mass is 10.2. The standard InChI is InChI=1S/C16H19FN4OS/c17-14-6-2-1-4-12(14)11-21-8-7-15(20-21)19-16(23)18-10-13-5-3-9-22-13/h1-2,4,6-8,13H,3,5,9-11H2,(H2,18,19,20,23). The Bertz CT molecular complexity index is 670. The van der Waals surface area contributed by atoms with Crippen LogP contribution in [0.3, 0.4) is 0 Å². The van der Waals surface area contributed by atoms with E-state index in [0.717, 1.165) is 19.4 Å². The second kappa shape index (κ2) is 7.52. The molecule has 2 heterocycles. The lowest BCUT2D eigenvalue weighted by molar-refractivity contribution is 0.114. The number of aromatic nitrogens is 2. The zero-order valence-corrected chi connectivity index (χ0v) is 13.5. The first-order valence-corrected chi connectivity index (χ1v) is 8.05. The molecule has 23 heavy (non-hydrogen) atoms. The van der Waals surface area contributed by atoms with Gasteiger partial charge in [-0.2, -0.15) is 5.10 Å². The average Bonchev–Trinajstić information content (AvgIpc) is 3.19. The summed E-state index contributed by atoms with van der Waals surface area (Å²) in [5.41, 5.74) is 0.598. The van der Waals surface area contributed by atoms with E-state index in [1.54, 1.807) is 29.1 Å². The highest BCUT2D eigenvalue weighted by molar-refractivity contribution is 7.80. The van der Waals surface area contributed by atoms with E-state index in [2.05, 4.69) is 15.7 Å². The van der Waals surface area contributed by atoms with Crippen molar-refractivity contribution in [2.45, 2.75) is 25.5 Å². The fourth-order valence-corrected chi connectivity index (χ4v) is 2.68. The number of nitrogens with zero attached hydrogens (tertiary/aromatic N) is 2. The Hall–Kier alpha value is -1.99. The van der Waals surface area contributed by atoms with Crippen LogP contribution in [0.1, 0.15) is 18.4 Å². The molecule has 0 bridgehead atoms. The van der Waals surface area contributed by atoms with Gasteiger partial charge in [0.2, 0.25) is 0 Å². The summed E-state index contributed by atoms with van der Waals surface area (Å²) in [6.07, 6.45) is 4.19. The van der Waals surface area contributed by atoms with Crippen LogP contribution in [0.25, 0.3) is 0 Å². The molecular weight excluding hydrogens is 315 g/mol. The number of halogens is 1. The maximum absolute atomic E-state index is 13.6. The van der Waals surface area contributed by atoms with Gasteiger partial charge in [-0.15, -0.1) is 0 Å². The molecule has 1 atom stereocenters. The van der Waals surface area contributed by atoms with Gasteiger partial charge in [-0.25, -0.2) is 4.39 Å². The minimum absolute atomic E-state index is 0.230. The summed E-state index contributed by atoms with van der Waals surface area (Å²) >= 11 is 5.24. The van der Waals surface area contributed by atoms with Crippen molar-refractivity contribution < 1.29 is 9.13 Å². The summed E-state index contributed by atoms with van der Waals surface area (Å²) in [5.74, 6) is 0.400. The van der Waals surface area contributed by atoms with Gasteiger partial charge in [0.25, 0.3) is 0 Å². The molecule has 0 aliphatic carbocycles. The molecular formula is C16H19FN4OS. The number of rotatable bonds is 5. The van der Waals surface area contributed by atoms with E-state index in [9.17, 15) is 4.39 Å². The second-order valence-corrected chi connectivity index (χ2v) is 5.87.